The van der Waals surface area contributed by atoms with Gasteiger partial charge in [0.15, 0.2) is 11.5 Å². The lowest BCUT2D eigenvalue weighted by atomic mass is 10.0. The first-order valence-electron chi connectivity index (χ1n) is 4.65. The number of hydrogen-bond donors (Lipinski definition) is 3. The molecule has 2 rings (SSSR count). The molecule has 6 heteroatoms. The van der Waals surface area contributed by atoms with Gasteiger partial charge in [-0.1, -0.05) is 6.07 Å². The molecule has 0 radical (unpaired) electrons. The van der Waals surface area contributed by atoms with Crippen LogP contribution in [0.25, 0.3) is 0 Å². The second-order valence-corrected chi connectivity index (χ2v) is 3.42. The third-order valence-corrected chi connectivity index (χ3v) is 2.36. The van der Waals surface area contributed by atoms with E-state index in [-0.39, 0.29) is 6.79 Å². The molecule has 1 aliphatic rings. The van der Waals surface area contributed by atoms with Crippen molar-refractivity contribution in [2.24, 2.45) is 5.73 Å². The molecule has 86 valence electrons. The summed E-state index contributed by atoms with van der Waals surface area (Å²) in [6, 6.07) is 3.33. The summed E-state index contributed by atoms with van der Waals surface area (Å²) in [5.74, 6) is -0.209. The van der Waals surface area contributed by atoms with E-state index in [0.717, 1.165) is 0 Å². The zero-order valence-electron chi connectivity index (χ0n) is 8.29. The predicted molar refractivity (Wildman–Crippen MR) is 53.1 cm³/mol. The number of ether oxygens (including phenoxy) is 2. The molecule has 0 aromatic heterocycles. The maximum atomic E-state index is 10.6. The molecule has 0 fully saturated rings. The molecular weight excluding hydrogens is 214 g/mol. The summed E-state index contributed by atoms with van der Waals surface area (Å²) in [5, 5.41) is 18.4. The monoisotopic (exact) mass is 225 g/mol. The highest BCUT2D eigenvalue weighted by Crippen LogP contribution is 2.34. The fourth-order valence-electron chi connectivity index (χ4n) is 1.44. The van der Waals surface area contributed by atoms with Crippen molar-refractivity contribution in [2.75, 3.05) is 6.79 Å². The molecule has 0 spiro atoms. The normalized spacial score (nSPS) is 16.9. The lowest BCUT2D eigenvalue weighted by Gasteiger charge is -2.15. The average Bonchev–Trinajstić information content (AvgIpc) is 2.73. The van der Waals surface area contributed by atoms with Gasteiger partial charge in [0.25, 0.3) is 0 Å². The summed E-state index contributed by atoms with van der Waals surface area (Å²) in [4.78, 5) is 10.6. The van der Waals surface area contributed by atoms with E-state index in [1.807, 2.05) is 0 Å². The van der Waals surface area contributed by atoms with E-state index in [9.17, 15) is 9.90 Å². The lowest BCUT2D eigenvalue weighted by Crippen LogP contribution is -2.36. The number of aliphatic hydroxyl groups excluding tert-OH is 1. The SMILES string of the molecule is NC(C(=O)O)C(O)c1ccc2c(c1)OCO2. The molecule has 1 aromatic carbocycles. The van der Waals surface area contributed by atoms with Crippen LogP contribution in [0.15, 0.2) is 18.2 Å². The highest BCUT2D eigenvalue weighted by atomic mass is 16.7. The topological polar surface area (TPSA) is 102 Å². The molecule has 2 atom stereocenters. The van der Waals surface area contributed by atoms with Gasteiger partial charge in [-0.3, -0.25) is 4.79 Å². The number of aliphatic carboxylic acids is 1. The molecule has 0 aliphatic carbocycles. The fourth-order valence-corrected chi connectivity index (χ4v) is 1.44. The van der Waals surface area contributed by atoms with Crippen LogP contribution in [0.1, 0.15) is 11.7 Å². The Bertz CT molecular complexity index is 420. The summed E-state index contributed by atoms with van der Waals surface area (Å²) >= 11 is 0. The van der Waals surface area contributed by atoms with Crippen LogP contribution in [0, 0.1) is 0 Å². The molecular formula is C10H11NO5. The molecule has 16 heavy (non-hydrogen) atoms. The minimum atomic E-state index is -1.36. The van der Waals surface area contributed by atoms with Crippen molar-refractivity contribution >= 4 is 5.97 Å². The van der Waals surface area contributed by atoms with Crippen LogP contribution in [-0.2, 0) is 4.79 Å². The first kappa shape index (κ1) is 10.7. The van der Waals surface area contributed by atoms with Crippen LogP contribution in [-0.4, -0.2) is 29.0 Å². The number of carboxylic acid groups (broad SMARTS) is 1. The van der Waals surface area contributed by atoms with E-state index in [4.69, 9.17) is 20.3 Å². The third-order valence-electron chi connectivity index (χ3n) is 2.36. The van der Waals surface area contributed by atoms with Gasteiger partial charge in [-0.15, -0.1) is 0 Å². The second kappa shape index (κ2) is 3.99. The Morgan fingerprint density at radius 2 is 2.06 bits per heavy atom. The van der Waals surface area contributed by atoms with Gasteiger partial charge in [-0.05, 0) is 17.7 Å². The summed E-state index contributed by atoms with van der Waals surface area (Å²) in [5.41, 5.74) is 5.70. The van der Waals surface area contributed by atoms with Gasteiger partial charge in [0.2, 0.25) is 6.79 Å². The number of hydrogen-bond acceptors (Lipinski definition) is 5. The molecule has 0 saturated carbocycles. The van der Waals surface area contributed by atoms with Crippen molar-refractivity contribution in [1.29, 1.82) is 0 Å². The average molecular weight is 225 g/mol. The Morgan fingerprint density at radius 3 is 2.75 bits per heavy atom. The Kier molecular flexibility index (Phi) is 2.67. The number of rotatable bonds is 3. The van der Waals surface area contributed by atoms with Crippen LogP contribution in [0.3, 0.4) is 0 Å². The maximum absolute atomic E-state index is 10.6. The first-order valence-corrected chi connectivity index (χ1v) is 4.65. The summed E-state index contributed by atoms with van der Waals surface area (Å²) in [6.45, 7) is 0.125. The van der Waals surface area contributed by atoms with Gasteiger partial charge in [-0.2, -0.15) is 0 Å². The van der Waals surface area contributed by atoms with Crippen LogP contribution < -0.4 is 15.2 Å². The van der Waals surface area contributed by atoms with Gasteiger partial charge >= 0.3 is 5.97 Å². The number of carboxylic acids is 1. The Hall–Kier alpha value is -1.79. The van der Waals surface area contributed by atoms with E-state index in [0.29, 0.717) is 17.1 Å². The van der Waals surface area contributed by atoms with Crippen molar-refractivity contribution < 1.29 is 24.5 Å². The van der Waals surface area contributed by atoms with Gasteiger partial charge in [0, 0.05) is 0 Å². The van der Waals surface area contributed by atoms with Crippen LogP contribution in [0.4, 0.5) is 0 Å². The molecule has 1 heterocycles. The number of benzene rings is 1. The second-order valence-electron chi connectivity index (χ2n) is 3.42. The summed E-state index contributed by atoms with van der Waals surface area (Å²) in [7, 11) is 0. The molecule has 0 bridgehead atoms. The molecule has 2 unspecified atom stereocenters. The number of nitrogens with two attached hydrogens (primary N) is 1. The highest BCUT2D eigenvalue weighted by Gasteiger charge is 2.25. The quantitative estimate of drug-likeness (QED) is 0.661. The largest absolute Gasteiger partial charge is 0.480 e. The summed E-state index contributed by atoms with van der Waals surface area (Å²) in [6.07, 6.45) is -1.27. The van der Waals surface area contributed by atoms with E-state index in [2.05, 4.69) is 0 Å². The minimum absolute atomic E-state index is 0.125. The van der Waals surface area contributed by atoms with Crippen molar-refractivity contribution in [3.8, 4) is 11.5 Å². The van der Waals surface area contributed by atoms with Crippen LogP contribution in [0.5, 0.6) is 11.5 Å². The van der Waals surface area contributed by atoms with Crippen LogP contribution in [0.2, 0.25) is 0 Å². The summed E-state index contributed by atoms with van der Waals surface area (Å²) < 4.78 is 10.2. The minimum Gasteiger partial charge on any atom is -0.480 e. The van der Waals surface area contributed by atoms with Crippen molar-refractivity contribution in [1.82, 2.24) is 0 Å². The first-order chi connectivity index (χ1) is 7.59. The molecule has 1 aliphatic heterocycles. The number of aliphatic hydroxyl groups is 1. The fraction of sp³-hybridized carbons (Fsp3) is 0.300. The molecule has 0 saturated heterocycles. The number of fused-ring (bicyclic) bond motifs is 1. The predicted octanol–water partition coefficient (Wildman–Crippen LogP) is -0.139. The van der Waals surface area contributed by atoms with Gasteiger partial charge in [-0.25, -0.2) is 0 Å². The molecule has 4 N–H and O–H groups in total. The smallest absolute Gasteiger partial charge is 0.323 e. The van der Waals surface area contributed by atoms with Gasteiger partial charge < -0.3 is 25.4 Å². The van der Waals surface area contributed by atoms with Gasteiger partial charge in [0.1, 0.15) is 12.1 Å². The zero-order valence-corrected chi connectivity index (χ0v) is 8.29. The Morgan fingerprint density at radius 1 is 1.38 bits per heavy atom. The van der Waals surface area contributed by atoms with Gasteiger partial charge in [0.05, 0.1) is 0 Å². The van der Waals surface area contributed by atoms with E-state index in [1.165, 1.54) is 6.07 Å². The molecule has 1 aromatic rings. The lowest BCUT2D eigenvalue weighted by molar-refractivity contribution is -0.141. The maximum Gasteiger partial charge on any atom is 0.323 e. The third kappa shape index (κ3) is 1.80. The van der Waals surface area contributed by atoms with Crippen molar-refractivity contribution in [2.45, 2.75) is 12.1 Å². The van der Waals surface area contributed by atoms with Crippen molar-refractivity contribution in [3.63, 3.8) is 0 Å². The van der Waals surface area contributed by atoms with Crippen molar-refractivity contribution in [3.05, 3.63) is 23.8 Å². The number of carbonyl (C=O) groups is 1. The Labute approximate surface area is 91.2 Å². The standard InChI is InChI=1S/C10H11NO5/c11-8(10(13)14)9(12)5-1-2-6-7(3-5)16-4-15-6/h1-3,8-9,12H,4,11H2,(H,13,14). The van der Waals surface area contributed by atoms with E-state index >= 15 is 0 Å². The highest BCUT2D eigenvalue weighted by molar-refractivity contribution is 5.74. The Balaban J connectivity index is 2.24. The van der Waals surface area contributed by atoms with Crippen LogP contribution >= 0.6 is 0 Å². The van der Waals surface area contributed by atoms with E-state index in [1.54, 1.807) is 12.1 Å². The zero-order chi connectivity index (χ0) is 11.7. The van der Waals surface area contributed by atoms with E-state index < -0.39 is 18.1 Å². The molecule has 6 nitrogen and oxygen atoms in total. The molecule has 0 amide bonds.